The first-order valence-corrected chi connectivity index (χ1v) is 4.67. The Labute approximate surface area is 90.4 Å². The number of terminal acetylenes is 1. The van der Waals surface area contributed by atoms with Crippen LogP contribution in [0.4, 0.5) is 0 Å². The van der Waals surface area contributed by atoms with Crippen molar-refractivity contribution in [1.29, 1.82) is 0 Å². The van der Waals surface area contributed by atoms with Crippen molar-refractivity contribution in [2.45, 2.75) is 0 Å². The van der Waals surface area contributed by atoms with Crippen LogP contribution in [-0.2, 0) is 0 Å². The number of carbonyl (C=O) groups is 1. The summed E-state index contributed by atoms with van der Waals surface area (Å²) in [6.45, 7) is 0.246. The van der Waals surface area contributed by atoms with E-state index in [1.165, 1.54) is 0 Å². The molecule has 0 fully saturated rings. The SMILES string of the molecule is C#CCOc1ccc(C=O)cc1I. The van der Waals surface area contributed by atoms with Crippen LogP contribution in [0.5, 0.6) is 5.75 Å². The van der Waals surface area contributed by atoms with Crippen molar-refractivity contribution >= 4 is 28.9 Å². The number of halogens is 1. The van der Waals surface area contributed by atoms with Gasteiger partial charge in [0.1, 0.15) is 18.6 Å². The molecule has 0 aliphatic carbocycles. The van der Waals surface area contributed by atoms with Crippen LogP contribution in [0.3, 0.4) is 0 Å². The van der Waals surface area contributed by atoms with Crippen LogP contribution in [0.15, 0.2) is 18.2 Å². The predicted octanol–water partition coefficient (Wildman–Crippen LogP) is 2.12. The zero-order valence-corrected chi connectivity index (χ0v) is 8.95. The van der Waals surface area contributed by atoms with Gasteiger partial charge in [-0.25, -0.2) is 0 Å². The Morgan fingerprint density at radius 1 is 1.62 bits per heavy atom. The summed E-state index contributed by atoms with van der Waals surface area (Å²) in [5, 5.41) is 0. The third-order valence-corrected chi connectivity index (χ3v) is 2.25. The molecule has 0 aliphatic rings. The first-order valence-electron chi connectivity index (χ1n) is 3.59. The van der Waals surface area contributed by atoms with E-state index in [1.807, 2.05) is 0 Å². The molecule has 0 bridgehead atoms. The minimum atomic E-state index is 0.246. The molecule has 13 heavy (non-hydrogen) atoms. The maximum atomic E-state index is 10.4. The van der Waals surface area contributed by atoms with Gasteiger partial charge in [0.05, 0.1) is 3.57 Å². The third kappa shape index (κ3) is 2.74. The predicted molar refractivity (Wildman–Crippen MR) is 58.9 cm³/mol. The first-order chi connectivity index (χ1) is 6.27. The van der Waals surface area contributed by atoms with Gasteiger partial charge in [-0.15, -0.1) is 6.42 Å². The summed E-state index contributed by atoms with van der Waals surface area (Å²) < 4.78 is 6.11. The average molecular weight is 286 g/mol. The second kappa shape index (κ2) is 4.87. The zero-order valence-electron chi connectivity index (χ0n) is 6.79. The lowest BCUT2D eigenvalue weighted by Crippen LogP contribution is -1.96. The molecule has 0 unspecified atom stereocenters. The van der Waals surface area contributed by atoms with Crippen LogP contribution in [0.1, 0.15) is 10.4 Å². The van der Waals surface area contributed by atoms with E-state index in [0.717, 1.165) is 9.86 Å². The number of rotatable bonds is 3. The van der Waals surface area contributed by atoms with E-state index in [1.54, 1.807) is 18.2 Å². The fraction of sp³-hybridized carbons (Fsp3) is 0.100. The minimum Gasteiger partial charge on any atom is -0.480 e. The van der Waals surface area contributed by atoms with E-state index in [4.69, 9.17) is 11.2 Å². The molecule has 0 saturated carbocycles. The molecular weight excluding hydrogens is 279 g/mol. The van der Waals surface area contributed by atoms with Crippen molar-refractivity contribution in [3.63, 3.8) is 0 Å². The van der Waals surface area contributed by atoms with E-state index >= 15 is 0 Å². The fourth-order valence-corrected chi connectivity index (χ4v) is 1.52. The van der Waals surface area contributed by atoms with Gasteiger partial charge in [-0.1, -0.05) is 5.92 Å². The molecule has 0 N–H and O–H groups in total. The van der Waals surface area contributed by atoms with Gasteiger partial charge in [0.15, 0.2) is 0 Å². The maximum Gasteiger partial charge on any atom is 0.150 e. The quantitative estimate of drug-likeness (QED) is 0.483. The van der Waals surface area contributed by atoms with E-state index in [9.17, 15) is 4.79 Å². The molecule has 0 radical (unpaired) electrons. The van der Waals surface area contributed by atoms with E-state index in [0.29, 0.717) is 11.3 Å². The van der Waals surface area contributed by atoms with Gasteiger partial charge in [0.25, 0.3) is 0 Å². The molecule has 0 atom stereocenters. The zero-order chi connectivity index (χ0) is 9.68. The number of hydrogen-bond donors (Lipinski definition) is 0. The maximum absolute atomic E-state index is 10.4. The number of ether oxygens (including phenoxy) is 1. The fourth-order valence-electron chi connectivity index (χ4n) is 0.827. The molecule has 0 heterocycles. The molecule has 0 aliphatic heterocycles. The number of benzene rings is 1. The largest absolute Gasteiger partial charge is 0.480 e. The molecule has 0 aromatic heterocycles. The standard InChI is InChI=1S/C10H7IO2/c1-2-5-13-10-4-3-8(7-12)6-9(10)11/h1,3-4,6-7H,5H2. The van der Waals surface area contributed by atoms with Crippen LogP contribution in [0.25, 0.3) is 0 Å². The lowest BCUT2D eigenvalue weighted by atomic mass is 10.2. The van der Waals surface area contributed by atoms with Crippen LogP contribution in [-0.4, -0.2) is 12.9 Å². The van der Waals surface area contributed by atoms with E-state index < -0.39 is 0 Å². The molecule has 1 aromatic carbocycles. The van der Waals surface area contributed by atoms with Crippen LogP contribution in [0.2, 0.25) is 0 Å². The third-order valence-electron chi connectivity index (χ3n) is 1.40. The van der Waals surface area contributed by atoms with Crippen LogP contribution >= 0.6 is 22.6 Å². The summed E-state index contributed by atoms with van der Waals surface area (Å²) in [5.74, 6) is 3.09. The molecular formula is C10H7IO2. The summed E-state index contributed by atoms with van der Waals surface area (Å²) in [6.07, 6.45) is 5.85. The molecule has 0 saturated heterocycles. The van der Waals surface area contributed by atoms with Gasteiger partial charge in [-0.2, -0.15) is 0 Å². The second-order valence-corrected chi connectivity index (χ2v) is 3.46. The Balaban J connectivity index is 2.86. The van der Waals surface area contributed by atoms with Crippen molar-refractivity contribution in [2.24, 2.45) is 0 Å². The highest BCUT2D eigenvalue weighted by Crippen LogP contribution is 2.21. The van der Waals surface area contributed by atoms with Crippen molar-refractivity contribution in [1.82, 2.24) is 0 Å². The first kappa shape index (κ1) is 10.1. The van der Waals surface area contributed by atoms with Crippen molar-refractivity contribution in [2.75, 3.05) is 6.61 Å². The van der Waals surface area contributed by atoms with E-state index in [2.05, 4.69) is 28.5 Å². The second-order valence-electron chi connectivity index (χ2n) is 2.30. The summed E-state index contributed by atoms with van der Waals surface area (Å²) in [4.78, 5) is 10.4. The lowest BCUT2D eigenvalue weighted by molar-refractivity contribution is 0.112. The summed E-state index contributed by atoms with van der Waals surface area (Å²) in [7, 11) is 0. The van der Waals surface area contributed by atoms with Crippen molar-refractivity contribution < 1.29 is 9.53 Å². The number of carbonyl (C=O) groups excluding carboxylic acids is 1. The Morgan fingerprint density at radius 3 is 2.92 bits per heavy atom. The average Bonchev–Trinajstić information content (AvgIpc) is 2.16. The van der Waals surface area contributed by atoms with Gasteiger partial charge < -0.3 is 4.74 Å². The normalized spacial score (nSPS) is 8.92. The highest BCUT2D eigenvalue weighted by Gasteiger charge is 2.00. The highest BCUT2D eigenvalue weighted by molar-refractivity contribution is 14.1. The molecule has 0 spiro atoms. The minimum absolute atomic E-state index is 0.246. The Bertz CT molecular complexity index is 352. The lowest BCUT2D eigenvalue weighted by Gasteiger charge is -2.04. The van der Waals surface area contributed by atoms with Crippen molar-refractivity contribution in [3.8, 4) is 18.1 Å². The topological polar surface area (TPSA) is 26.3 Å². The highest BCUT2D eigenvalue weighted by atomic mass is 127. The Hall–Kier alpha value is -1.02. The Morgan fingerprint density at radius 2 is 2.38 bits per heavy atom. The summed E-state index contributed by atoms with van der Waals surface area (Å²) in [6, 6.07) is 5.18. The molecule has 2 nitrogen and oxygen atoms in total. The molecule has 66 valence electrons. The van der Waals surface area contributed by atoms with Gasteiger partial charge in [0.2, 0.25) is 0 Å². The van der Waals surface area contributed by atoms with Crippen molar-refractivity contribution in [3.05, 3.63) is 27.3 Å². The van der Waals surface area contributed by atoms with Gasteiger partial charge in [0, 0.05) is 5.56 Å². The monoisotopic (exact) mass is 286 g/mol. The molecule has 3 heteroatoms. The van der Waals surface area contributed by atoms with E-state index in [-0.39, 0.29) is 6.61 Å². The van der Waals surface area contributed by atoms with Crippen LogP contribution in [0, 0.1) is 15.9 Å². The molecule has 0 amide bonds. The summed E-state index contributed by atoms with van der Waals surface area (Å²) in [5.41, 5.74) is 0.637. The smallest absolute Gasteiger partial charge is 0.150 e. The summed E-state index contributed by atoms with van der Waals surface area (Å²) >= 11 is 2.10. The van der Waals surface area contributed by atoms with Gasteiger partial charge in [-0.05, 0) is 40.8 Å². The van der Waals surface area contributed by atoms with Crippen LogP contribution < -0.4 is 4.74 Å². The van der Waals surface area contributed by atoms with Gasteiger partial charge in [-0.3, -0.25) is 4.79 Å². The number of aldehydes is 1. The van der Waals surface area contributed by atoms with Gasteiger partial charge >= 0.3 is 0 Å². The Kier molecular flexibility index (Phi) is 3.77. The molecule has 1 rings (SSSR count). The molecule has 1 aromatic rings. The number of hydrogen-bond acceptors (Lipinski definition) is 2.